The molecule has 0 spiro atoms. The van der Waals surface area contributed by atoms with Crippen LogP contribution in [0.2, 0.25) is 0 Å². The molecule has 0 aromatic rings. The van der Waals surface area contributed by atoms with Gasteiger partial charge in [-0.3, -0.25) is 4.79 Å². The number of carbonyl (C=O) groups excluding carboxylic acids is 1. The van der Waals surface area contributed by atoms with Crippen molar-refractivity contribution < 1.29 is 4.79 Å². The molecule has 1 atom stereocenters. The minimum absolute atomic E-state index is 0.0144. The van der Waals surface area contributed by atoms with Gasteiger partial charge in [0.05, 0.1) is 0 Å². The van der Waals surface area contributed by atoms with E-state index in [1.807, 2.05) is 0 Å². The molecule has 2 fully saturated rings. The number of hydrogen-bond donors (Lipinski definition) is 2. The summed E-state index contributed by atoms with van der Waals surface area (Å²) in [6.07, 6.45) is 6.51. The van der Waals surface area contributed by atoms with Gasteiger partial charge in [-0.1, -0.05) is 43.2 Å². The van der Waals surface area contributed by atoms with Crippen molar-refractivity contribution in [1.82, 2.24) is 10.6 Å². The molecule has 0 aromatic heterocycles. The second-order valence-corrected chi connectivity index (χ2v) is 6.01. The molecule has 1 heterocycles. The van der Waals surface area contributed by atoms with Crippen molar-refractivity contribution in [2.75, 3.05) is 6.54 Å². The Balaban J connectivity index is 1.73. The molecule has 1 amide bonds. The summed E-state index contributed by atoms with van der Waals surface area (Å²) in [4.78, 5) is 11.4. The fourth-order valence-corrected chi connectivity index (χ4v) is 3.32. The van der Waals surface area contributed by atoms with Crippen molar-refractivity contribution in [3.63, 3.8) is 0 Å². The third-order valence-electron chi connectivity index (χ3n) is 2.96. The molecule has 0 bridgehead atoms. The fraction of sp³-hybridized carbons (Fsp3) is 0.800. The zero-order valence-corrected chi connectivity index (χ0v) is 10.3. The Hall–Kier alpha value is -0.130. The number of amides is 1. The number of hydrogen-bond acceptors (Lipinski definition) is 4. The topological polar surface area (TPSA) is 41.1 Å². The van der Waals surface area contributed by atoms with E-state index >= 15 is 0 Å². The molecular formula is C10H16N2OS2. The highest BCUT2D eigenvalue weighted by molar-refractivity contribution is 8.24. The summed E-state index contributed by atoms with van der Waals surface area (Å²) in [5.41, 5.74) is 0. The van der Waals surface area contributed by atoms with E-state index in [2.05, 4.69) is 10.6 Å². The largest absolute Gasteiger partial charge is 0.312 e. The van der Waals surface area contributed by atoms with Crippen LogP contribution in [0, 0.1) is 0 Å². The number of carbonyl (C=O) groups is 1. The fourth-order valence-electron chi connectivity index (χ4n) is 2.11. The Morgan fingerprint density at radius 1 is 1.40 bits per heavy atom. The molecule has 3 nitrogen and oxygen atoms in total. The number of thiocarbonyl (C=S) groups is 1. The maximum Gasteiger partial charge on any atom is 0.240 e. The average molecular weight is 244 g/mol. The molecule has 1 aliphatic carbocycles. The highest BCUT2D eigenvalue weighted by Gasteiger charge is 2.29. The summed E-state index contributed by atoms with van der Waals surface area (Å²) in [7, 11) is 0. The van der Waals surface area contributed by atoms with Gasteiger partial charge in [0, 0.05) is 12.6 Å². The van der Waals surface area contributed by atoms with E-state index in [-0.39, 0.29) is 11.2 Å². The quantitative estimate of drug-likeness (QED) is 0.737. The van der Waals surface area contributed by atoms with E-state index in [9.17, 15) is 4.79 Å². The Bertz CT molecular complexity index is 264. The highest BCUT2D eigenvalue weighted by atomic mass is 32.2. The molecule has 2 rings (SSSR count). The Kier molecular flexibility index (Phi) is 3.99. The van der Waals surface area contributed by atoms with Gasteiger partial charge in [0.25, 0.3) is 0 Å². The zero-order valence-electron chi connectivity index (χ0n) is 8.62. The summed E-state index contributed by atoms with van der Waals surface area (Å²) in [6, 6.07) is 0.612. The second kappa shape index (κ2) is 5.27. The maximum absolute atomic E-state index is 11.4. The summed E-state index contributed by atoms with van der Waals surface area (Å²) >= 11 is 6.42. The van der Waals surface area contributed by atoms with Crippen LogP contribution in [-0.4, -0.2) is 28.1 Å². The molecule has 2 N–H and O–H groups in total. The predicted octanol–water partition coefficient (Wildman–Crippen LogP) is 1.43. The first-order valence-corrected chi connectivity index (χ1v) is 6.79. The molecule has 0 aromatic carbocycles. The van der Waals surface area contributed by atoms with Crippen LogP contribution < -0.4 is 10.6 Å². The second-order valence-electron chi connectivity index (χ2n) is 4.13. The molecule has 84 valence electrons. The van der Waals surface area contributed by atoms with Gasteiger partial charge in [0.2, 0.25) is 5.91 Å². The molecule has 15 heavy (non-hydrogen) atoms. The first kappa shape index (κ1) is 11.4. The molecule has 1 unspecified atom stereocenters. The third-order valence-corrected chi connectivity index (χ3v) is 4.34. The van der Waals surface area contributed by atoms with Crippen molar-refractivity contribution >= 4 is 34.2 Å². The summed E-state index contributed by atoms with van der Waals surface area (Å²) in [6.45, 7) is 0.751. The lowest BCUT2D eigenvalue weighted by atomic mass is 9.95. The van der Waals surface area contributed by atoms with Crippen molar-refractivity contribution in [1.29, 1.82) is 0 Å². The molecule has 0 radical (unpaired) electrons. The summed E-state index contributed by atoms with van der Waals surface area (Å²) in [5, 5.41) is 6.13. The number of rotatable bonds is 3. The van der Waals surface area contributed by atoms with E-state index in [0.29, 0.717) is 10.4 Å². The Morgan fingerprint density at radius 3 is 2.73 bits per heavy atom. The molecule has 2 aliphatic rings. The molecule has 1 aliphatic heterocycles. The summed E-state index contributed by atoms with van der Waals surface area (Å²) in [5.74, 6) is 0.0632. The number of nitrogens with one attached hydrogen (secondary N) is 2. The predicted molar refractivity (Wildman–Crippen MR) is 67.0 cm³/mol. The molecule has 5 heteroatoms. The minimum atomic E-state index is -0.0144. The average Bonchev–Trinajstić information content (AvgIpc) is 2.56. The van der Waals surface area contributed by atoms with E-state index < -0.39 is 0 Å². The van der Waals surface area contributed by atoms with Gasteiger partial charge in [-0.25, -0.2) is 0 Å². The van der Waals surface area contributed by atoms with Crippen molar-refractivity contribution in [3.8, 4) is 0 Å². The number of thioether (sulfide) groups is 1. The van der Waals surface area contributed by atoms with Crippen molar-refractivity contribution in [2.24, 2.45) is 0 Å². The van der Waals surface area contributed by atoms with Crippen LogP contribution >= 0.6 is 24.0 Å². The van der Waals surface area contributed by atoms with Gasteiger partial charge in [0.15, 0.2) is 0 Å². The normalized spacial score (nSPS) is 28.1. The van der Waals surface area contributed by atoms with E-state index in [0.717, 1.165) is 6.54 Å². The monoisotopic (exact) mass is 244 g/mol. The van der Waals surface area contributed by atoms with Crippen LogP contribution in [-0.2, 0) is 4.79 Å². The Morgan fingerprint density at radius 2 is 2.13 bits per heavy atom. The van der Waals surface area contributed by atoms with Gasteiger partial charge in [-0.15, -0.1) is 0 Å². The highest BCUT2D eigenvalue weighted by Crippen LogP contribution is 2.21. The lowest BCUT2D eigenvalue weighted by Crippen LogP contribution is -2.38. The van der Waals surface area contributed by atoms with Gasteiger partial charge in [-0.2, -0.15) is 0 Å². The van der Waals surface area contributed by atoms with Crippen LogP contribution in [0.5, 0.6) is 0 Å². The van der Waals surface area contributed by atoms with Gasteiger partial charge in [-0.05, 0) is 12.8 Å². The SMILES string of the molecule is O=C1NC(=S)SC1CNC1CCCCC1. The lowest BCUT2D eigenvalue weighted by molar-refractivity contribution is -0.118. The van der Waals surface area contributed by atoms with Gasteiger partial charge in [0.1, 0.15) is 9.57 Å². The van der Waals surface area contributed by atoms with Crippen molar-refractivity contribution in [2.45, 2.75) is 43.4 Å². The van der Waals surface area contributed by atoms with Gasteiger partial charge < -0.3 is 10.6 Å². The van der Waals surface area contributed by atoms with E-state index in [1.165, 1.54) is 43.9 Å². The zero-order chi connectivity index (χ0) is 10.7. The third kappa shape index (κ3) is 3.16. The van der Waals surface area contributed by atoms with E-state index in [1.54, 1.807) is 0 Å². The Labute approximate surface area is 99.8 Å². The molecule has 1 saturated carbocycles. The first-order chi connectivity index (χ1) is 7.25. The van der Waals surface area contributed by atoms with Crippen LogP contribution in [0.3, 0.4) is 0 Å². The minimum Gasteiger partial charge on any atom is -0.312 e. The first-order valence-electron chi connectivity index (χ1n) is 5.50. The smallest absolute Gasteiger partial charge is 0.240 e. The molecular weight excluding hydrogens is 228 g/mol. The lowest BCUT2D eigenvalue weighted by Gasteiger charge is -2.23. The summed E-state index contributed by atoms with van der Waals surface area (Å²) < 4.78 is 0.621. The molecule has 1 saturated heterocycles. The maximum atomic E-state index is 11.4. The van der Waals surface area contributed by atoms with Crippen molar-refractivity contribution in [3.05, 3.63) is 0 Å². The van der Waals surface area contributed by atoms with Gasteiger partial charge >= 0.3 is 0 Å². The van der Waals surface area contributed by atoms with Crippen LogP contribution in [0.1, 0.15) is 32.1 Å². The van der Waals surface area contributed by atoms with Crippen LogP contribution in [0.15, 0.2) is 0 Å². The van der Waals surface area contributed by atoms with E-state index in [4.69, 9.17) is 12.2 Å². The van der Waals surface area contributed by atoms with Crippen LogP contribution in [0.4, 0.5) is 0 Å². The standard InChI is InChI=1S/C10H16N2OS2/c13-9-8(15-10(14)12-9)6-11-7-4-2-1-3-5-7/h7-8,11H,1-6H2,(H,12,13,14). The van der Waals surface area contributed by atoms with Crippen LogP contribution in [0.25, 0.3) is 0 Å².